The van der Waals surface area contributed by atoms with Gasteiger partial charge < -0.3 is 18.9 Å². The lowest BCUT2D eigenvalue weighted by Gasteiger charge is -2.10. The van der Waals surface area contributed by atoms with Crippen LogP contribution in [0.5, 0.6) is 11.5 Å². The normalized spacial score (nSPS) is 23.6. The minimum Gasteiger partial charge on any atom is -0.491 e. The van der Waals surface area contributed by atoms with Crippen molar-refractivity contribution >= 4 is 94.1 Å². The fraction of sp³-hybridized carbons (Fsp3) is 0.455. The molecule has 12 heteroatoms. The SMILES string of the molecule is CSC1=C2SCCOCCOc3ccc(cc3)OCCOCCSC3=C(SC)S/C(=C(\S1)S2)S3. The van der Waals surface area contributed by atoms with Crippen LogP contribution in [0.3, 0.4) is 0 Å². The van der Waals surface area contributed by atoms with E-state index in [1.807, 2.05) is 118 Å². The number of ether oxygens (including phenoxy) is 4. The maximum Gasteiger partial charge on any atom is 0.119 e. The van der Waals surface area contributed by atoms with Gasteiger partial charge in [-0.2, -0.15) is 0 Å². The summed E-state index contributed by atoms with van der Waals surface area (Å²) in [6.07, 6.45) is 4.34. The van der Waals surface area contributed by atoms with Crippen LogP contribution in [0.1, 0.15) is 0 Å². The van der Waals surface area contributed by atoms with E-state index in [9.17, 15) is 0 Å². The van der Waals surface area contributed by atoms with Crippen molar-refractivity contribution in [3.05, 3.63) is 49.7 Å². The number of hydrogen-bond acceptors (Lipinski definition) is 12. The van der Waals surface area contributed by atoms with Gasteiger partial charge in [0.05, 0.1) is 51.9 Å². The Kier molecular flexibility index (Phi) is 12.5. The van der Waals surface area contributed by atoms with Gasteiger partial charge >= 0.3 is 0 Å². The molecule has 4 aliphatic heterocycles. The lowest BCUT2D eigenvalue weighted by Crippen LogP contribution is -2.09. The highest BCUT2D eigenvalue weighted by Crippen LogP contribution is 2.65. The summed E-state index contributed by atoms with van der Waals surface area (Å²) in [4.78, 5) is 0. The second-order valence-corrected chi connectivity index (χ2v) is 16.1. The van der Waals surface area contributed by atoms with Crippen LogP contribution < -0.4 is 9.47 Å². The molecule has 0 radical (unpaired) electrons. The Balaban J connectivity index is 1.37. The van der Waals surface area contributed by atoms with Gasteiger partial charge in [0.15, 0.2) is 0 Å². The molecular weight excluding hydrogens is 585 g/mol. The first-order valence-electron chi connectivity index (χ1n) is 10.6. The number of thioether (sulfide) groups is 8. The molecule has 186 valence electrons. The van der Waals surface area contributed by atoms with E-state index in [1.165, 1.54) is 25.4 Å². The van der Waals surface area contributed by atoms with Crippen molar-refractivity contribution in [3.63, 3.8) is 0 Å². The summed E-state index contributed by atoms with van der Waals surface area (Å²) in [5.41, 5.74) is 0. The minimum atomic E-state index is 0.540. The first kappa shape index (κ1) is 27.8. The Hall–Kier alpha value is 0.760. The molecule has 34 heavy (non-hydrogen) atoms. The molecule has 0 amide bonds. The summed E-state index contributed by atoms with van der Waals surface area (Å²) >= 11 is 15.2. The molecule has 6 bridgehead atoms. The van der Waals surface area contributed by atoms with Crippen molar-refractivity contribution in [1.29, 1.82) is 0 Å². The van der Waals surface area contributed by atoms with Crippen molar-refractivity contribution in [2.75, 3.05) is 63.7 Å². The van der Waals surface area contributed by atoms with E-state index >= 15 is 0 Å². The molecular formula is C22H26O4S8. The summed E-state index contributed by atoms with van der Waals surface area (Å²) in [6, 6.07) is 7.72. The topological polar surface area (TPSA) is 36.9 Å². The van der Waals surface area contributed by atoms with Gasteiger partial charge in [0.1, 0.15) is 24.7 Å². The zero-order valence-corrected chi connectivity index (χ0v) is 25.4. The van der Waals surface area contributed by atoms with E-state index in [1.54, 1.807) is 0 Å². The third-order valence-corrected chi connectivity index (χ3v) is 15.5. The lowest BCUT2D eigenvalue weighted by molar-refractivity contribution is 0.110. The number of fused-ring (bicyclic) bond motifs is 14. The molecule has 0 fully saturated rings. The average Bonchev–Trinajstić information content (AvgIpc) is 3.47. The standard InChI is InChI=1S/C22H26O4S8/c1-27-17-19-29-13-11-23-7-9-25-15-3-5-16(6-4-15)26-10-8-24-12-14-30-20-18(28-2)32-22(34-20)21(31-17)33-19/h3-6H,7-14H2,1-2H3/b22-21-. The zero-order valence-electron chi connectivity index (χ0n) is 18.9. The molecule has 1 aromatic rings. The van der Waals surface area contributed by atoms with Crippen LogP contribution in [0.15, 0.2) is 49.7 Å². The predicted octanol–water partition coefficient (Wildman–Crippen LogP) is 8.02. The van der Waals surface area contributed by atoms with E-state index in [2.05, 4.69) is 12.5 Å². The summed E-state index contributed by atoms with van der Waals surface area (Å²) < 4.78 is 31.6. The molecule has 0 atom stereocenters. The Morgan fingerprint density at radius 2 is 1.00 bits per heavy atom. The number of benzene rings is 1. The van der Waals surface area contributed by atoms with Crippen LogP contribution in [0.4, 0.5) is 0 Å². The van der Waals surface area contributed by atoms with Crippen molar-refractivity contribution in [2.45, 2.75) is 0 Å². The van der Waals surface area contributed by atoms with Gasteiger partial charge in [0, 0.05) is 11.5 Å². The molecule has 1 aromatic carbocycles. The summed E-state index contributed by atoms with van der Waals surface area (Å²) in [5.74, 6) is 3.54. The monoisotopic (exact) mass is 610 g/mol. The van der Waals surface area contributed by atoms with Gasteiger partial charge in [-0.1, -0.05) is 47.0 Å². The van der Waals surface area contributed by atoms with Gasteiger partial charge in [-0.15, -0.1) is 47.0 Å². The maximum atomic E-state index is 5.80. The van der Waals surface area contributed by atoms with E-state index in [-0.39, 0.29) is 0 Å². The van der Waals surface area contributed by atoms with Gasteiger partial charge in [-0.05, 0) is 36.8 Å². The smallest absolute Gasteiger partial charge is 0.119 e. The molecule has 4 nitrogen and oxygen atoms in total. The molecule has 0 aromatic heterocycles. The molecule has 5 rings (SSSR count). The summed E-state index contributed by atoms with van der Waals surface area (Å²) in [6.45, 7) is 3.67. The Bertz CT molecular complexity index is 843. The largest absolute Gasteiger partial charge is 0.491 e. The second-order valence-electron chi connectivity index (χ2n) is 6.63. The summed E-state index contributed by atoms with van der Waals surface area (Å²) in [5, 5.41) is 0. The molecule has 0 unspecified atom stereocenters. The number of rotatable bonds is 2. The minimum absolute atomic E-state index is 0.540. The highest BCUT2D eigenvalue weighted by atomic mass is 32.3. The molecule has 0 aliphatic carbocycles. The quantitative estimate of drug-likeness (QED) is 0.325. The van der Waals surface area contributed by atoms with Crippen LogP contribution in [0.2, 0.25) is 0 Å². The lowest BCUT2D eigenvalue weighted by atomic mass is 10.3. The third kappa shape index (κ3) is 8.39. The molecule has 4 heterocycles. The van der Waals surface area contributed by atoms with Crippen molar-refractivity contribution in [1.82, 2.24) is 0 Å². The highest BCUT2D eigenvalue weighted by Gasteiger charge is 2.30. The molecule has 4 aliphatic rings. The van der Waals surface area contributed by atoms with Crippen LogP contribution in [-0.4, -0.2) is 63.7 Å². The summed E-state index contributed by atoms with van der Waals surface area (Å²) in [7, 11) is 0. The molecule has 0 N–H and O–H groups in total. The number of hydrogen-bond donors (Lipinski definition) is 0. The average molecular weight is 611 g/mol. The predicted molar refractivity (Wildman–Crippen MR) is 162 cm³/mol. The molecule has 0 spiro atoms. The third-order valence-electron chi connectivity index (χ3n) is 4.35. The maximum absolute atomic E-state index is 5.80. The second kappa shape index (κ2) is 15.2. The van der Waals surface area contributed by atoms with Gasteiger partial charge in [-0.3, -0.25) is 0 Å². The van der Waals surface area contributed by atoms with Crippen LogP contribution in [-0.2, 0) is 9.47 Å². The van der Waals surface area contributed by atoms with Gasteiger partial charge in [-0.25, -0.2) is 0 Å². The van der Waals surface area contributed by atoms with E-state index < -0.39 is 0 Å². The van der Waals surface area contributed by atoms with Crippen molar-refractivity contribution in [2.24, 2.45) is 0 Å². The van der Waals surface area contributed by atoms with Crippen molar-refractivity contribution in [3.8, 4) is 11.5 Å². The van der Waals surface area contributed by atoms with Gasteiger partial charge in [0.25, 0.3) is 0 Å². The van der Waals surface area contributed by atoms with Gasteiger partial charge in [0.2, 0.25) is 0 Å². The fourth-order valence-electron chi connectivity index (χ4n) is 2.80. The fourth-order valence-corrected chi connectivity index (χ4v) is 13.8. The van der Waals surface area contributed by atoms with Crippen LogP contribution >= 0.6 is 94.1 Å². The zero-order chi connectivity index (χ0) is 23.6. The van der Waals surface area contributed by atoms with E-state index in [0.29, 0.717) is 39.6 Å². The molecule has 0 saturated carbocycles. The van der Waals surface area contributed by atoms with Crippen molar-refractivity contribution < 1.29 is 18.9 Å². The van der Waals surface area contributed by atoms with E-state index in [0.717, 1.165) is 23.0 Å². The highest BCUT2D eigenvalue weighted by molar-refractivity contribution is 8.45. The Labute approximate surface area is 236 Å². The van der Waals surface area contributed by atoms with Crippen LogP contribution in [0.25, 0.3) is 0 Å². The van der Waals surface area contributed by atoms with Crippen LogP contribution in [0, 0.1) is 0 Å². The first-order chi connectivity index (χ1) is 16.8. The Morgan fingerprint density at radius 3 is 1.41 bits per heavy atom. The van der Waals surface area contributed by atoms with E-state index in [4.69, 9.17) is 18.9 Å². The Morgan fingerprint density at radius 1 is 0.559 bits per heavy atom. The first-order valence-corrected chi connectivity index (χ1v) is 18.2. The molecule has 0 saturated heterocycles.